The summed E-state index contributed by atoms with van der Waals surface area (Å²) in [4.78, 5) is 32.8. The van der Waals surface area contributed by atoms with E-state index in [1.54, 1.807) is 0 Å². The van der Waals surface area contributed by atoms with Gasteiger partial charge in [0.25, 0.3) is 5.56 Å². The van der Waals surface area contributed by atoms with Gasteiger partial charge in [-0.15, -0.1) is 11.3 Å². The van der Waals surface area contributed by atoms with Crippen LogP contribution in [0.1, 0.15) is 25.5 Å². The fourth-order valence-corrected chi connectivity index (χ4v) is 3.05. The number of benzene rings is 1. The molecule has 2 heterocycles. The van der Waals surface area contributed by atoms with E-state index in [4.69, 9.17) is 0 Å². The van der Waals surface area contributed by atoms with Crippen LogP contribution in [-0.2, 0) is 11.3 Å². The van der Waals surface area contributed by atoms with Crippen molar-refractivity contribution in [3.63, 3.8) is 0 Å². The number of fused-ring (bicyclic) bond motifs is 1. The van der Waals surface area contributed by atoms with Crippen molar-refractivity contribution in [2.24, 2.45) is 0 Å². The normalized spacial score (nSPS) is 11.2. The van der Waals surface area contributed by atoms with Crippen molar-refractivity contribution in [1.82, 2.24) is 14.5 Å². The topological polar surface area (TPSA) is 76.9 Å². The molecule has 3 aromatic rings. The highest BCUT2D eigenvalue weighted by Gasteiger charge is 2.12. The van der Waals surface area contributed by atoms with Gasteiger partial charge in [-0.25, -0.2) is 14.4 Å². The zero-order valence-corrected chi connectivity index (χ0v) is 13.9. The maximum atomic E-state index is 13.3. The molecule has 0 saturated heterocycles. The van der Waals surface area contributed by atoms with Crippen LogP contribution in [0.15, 0.2) is 34.7 Å². The lowest BCUT2D eigenvalue weighted by atomic mass is 10.2. The smallest absolute Gasteiger partial charge is 0.261 e. The summed E-state index contributed by atoms with van der Waals surface area (Å²) < 4.78 is 14.5. The van der Waals surface area contributed by atoms with E-state index < -0.39 is 11.4 Å². The maximum Gasteiger partial charge on any atom is 0.261 e. The Morgan fingerprint density at radius 3 is 2.92 bits per heavy atom. The van der Waals surface area contributed by atoms with Crippen molar-refractivity contribution in [2.45, 2.75) is 26.3 Å². The van der Waals surface area contributed by atoms with Crippen molar-refractivity contribution >= 4 is 33.3 Å². The predicted octanol–water partition coefficient (Wildman–Crippen LogP) is 2.75. The highest BCUT2D eigenvalue weighted by atomic mass is 32.1. The summed E-state index contributed by atoms with van der Waals surface area (Å²) in [5.41, 5.74) is 0.825. The van der Waals surface area contributed by atoms with E-state index in [9.17, 15) is 14.0 Å². The molecule has 0 aliphatic rings. The van der Waals surface area contributed by atoms with Gasteiger partial charge in [0.1, 0.15) is 12.4 Å². The van der Waals surface area contributed by atoms with Gasteiger partial charge in [-0.05, 0) is 24.1 Å². The van der Waals surface area contributed by atoms with Gasteiger partial charge in [0, 0.05) is 5.38 Å². The van der Waals surface area contributed by atoms with Crippen molar-refractivity contribution in [3.8, 4) is 0 Å². The first-order valence-corrected chi connectivity index (χ1v) is 8.22. The number of thiazole rings is 1. The number of nitrogens with one attached hydrogen (secondary N) is 1. The van der Waals surface area contributed by atoms with E-state index >= 15 is 0 Å². The van der Waals surface area contributed by atoms with E-state index in [2.05, 4.69) is 15.3 Å². The Bertz CT molecular complexity index is 964. The molecule has 1 amide bonds. The van der Waals surface area contributed by atoms with E-state index in [-0.39, 0.29) is 23.8 Å². The standard InChI is InChI=1S/C16H15FN4O2S/c1-9(2)13-7-24-16(19-13)20-14(22)6-21-8-18-12-4-3-10(17)5-11(12)15(21)23/h3-5,7-9H,6H2,1-2H3,(H,19,20,22). The van der Waals surface area contributed by atoms with E-state index in [0.29, 0.717) is 10.6 Å². The molecular formula is C16H15FN4O2S. The number of amides is 1. The molecule has 0 spiro atoms. The van der Waals surface area contributed by atoms with Crippen molar-refractivity contribution < 1.29 is 9.18 Å². The zero-order valence-electron chi connectivity index (χ0n) is 13.1. The molecule has 0 bridgehead atoms. The Kier molecular flexibility index (Phi) is 4.39. The van der Waals surface area contributed by atoms with E-state index in [1.165, 1.54) is 29.8 Å². The number of nitrogens with zero attached hydrogens (tertiary/aromatic N) is 3. The minimum absolute atomic E-state index is 0.140. The highest BCUT2D eigenvalue weighted by Crippen LogP contribution is 2.21. The molecule has 0 saturated carbocycles. The van der Waals surface area contributed by atoms with Gasteiger partial charge in [-0.3, -0.25) is 14.2 Å². The minimum Gasteiger partial charge on any atom is -0.300 e. The SMILES string of the molecule is CC(C)c1csc(NC(=O)Cn2cnc3ccc(F)cc3c2=O)n1. The van der Waals surface area contributed by atoms with Crippen LogP contribution in [0.25, 0.3) is 10.9 Å². The fraction of sp³-hybridized carbons (Fsp3) is 0.250. The zero-order chi connectivity index (χ0) is 17.3. The Hall–Kier alpha value is -2.61. The lowest BCUT2D eigenvalue weighted by molar-refractivity contribution is -0.116. The second-order valence-electron chi connectivity index (χ2n) is 5.62. The largest absolute Gasteiger partial charge is 0.300 e. The number of hydrogen-bond donors (Lipinski definition) is 1. The lowest BCUT2D eigenvalue weighted by Crippen LogP contribution is -2.28. The lowest BCUT2D eigenvalue weighted by Gasteiger charge is -2.06. The third-order valence-corrected chi connectivity index (χ3v) is 4.24. The van der Waals surface area contributed by atoms with Crippen LogP contribution in [0.5, 0.6) is 0 Å². The molecular weight excluding hydrogens is 331 g/mol. The second kappa shape index (κ2) is 6.48. The van der Waals surface area contributed by atoms with Crippen LogP contribution < -0.4 is 10.9 Å². The summed E-state index contributed by atoms with van der Waals surface area (Å²) in [7, 11) is 0. The number of anilines is 1. The fourth-order valence-electron chi connectivity index (χ4n) is 2.17. The van der Waals surface area contributed by atoms with Crippen LogP contribution in [-0.4, -0.2) is 20.4 Å². The highest BCUT2D eigenvalue weighted by molar-refractivity contribution is 7.13. The summed E-state index contributed by atoms with van der Waals surface area (Å²) in [5, 5.41) is 5.16. The van der Waals surface area contributed by atoms with Crippen LogP contribution in [0.3, 0.4) is 0 Å². The number of hydrogen-bond acceptors (Lipinski definition) is 5. The molecule has 3 rings (SSSR count). The number of carbonyl (C=O) groups excluding carboxylic acids is 1. The average Bonchev–Trinajstić information content (AvgIpc) is 2.99. The molecule has 1 aromatic carbocycles. The molecule has 1 N–H and O–H groups in total. The summed E-state index contributed by atoms with van der Waals surface area (Å²) in [6, 6.07) is 3.79. The Morgan fingerprint density at radius 1 is 1.42 bits per heavy atom. The first-order valence-electron chi connectivity index (χ1n) is 7.34. The average molecular weight is 346 g/mol. The van der Waals surface area contributed by atoms with Crippen molar-refractivity contribution in [1.29, 1.82) is 0 Å². The summed E-state index contributed by atoms with van der Waals surface area (Å²) in [6.45, 7) is 3.81. The van der Waals surface area contributed by atoms with Gasteiger partial charge in [-0.1, -0.05) is 13.8 Å². The molecule has 0 radical (unpaired) electrons. The van der Waals surface area contributed by atoms with Gasteiger partial charge in [-0.2, -0.15) is 0 Å². The maximum absolute atomic E-state index is 13.3. The molecule has 2 aromatic heterocycles. The van der Waals surface area contributed by atoms with Gasteiger partial charge in [0.05, 0.1) is 22.9 Å². The predicted molar refractivity (Wildman–Crippen MR) is 90.8 cm³/mol. The molecule has 0 fully saturated rings. The molecule has 0 aliphatic heterocycles. The molecule has 0 unspecified atom stereocenters. The molecule has 8 heteroatoms. The Morgan fingerprint density at radius 2 is 2.21 bits per heavy atom. The quantitative estimate of drug-likeness (QED) is 0.788. The van der Waals surface area contributed by atoms with Gasteiger partial charge in [0.2, 0.25) is 5.91 Å². The monoisotopic (exact) mass is 346 g/mol. The minimum atomic E-state index is -0.521. The summed E-state index contributed by atoms with van der Waals surface area (Å²) in [5.74, 6) is -0.638. The number of aromatic nitrogens is 3. The molecule has 0 atom stereocenters. The molecule has 24 heavy (non-hydrogen) atoms. The number of carbonyl (C=O) groups is 1. The molecule has 6 nitrogen and oxygen atoms in total. The number of rotatable bonds is 4. The molecule has 124 valence electrons. The van der Waals surface area contributed by atoms with Gasteiger partial charge < -0.3 is 5.32 Å². The second-order valence-corrected chi connectivity index (χ2v) is 6.48. The third-order valence-electron chi connectivity index (χ3n) is 3.46. The molecule has 0 aliphatic carbocycles. The summed E-state index contributed by atoms with van der Waals surface area (Å²) >= 11 is 1.33. The van der Waals surface area contributed by atoms with Crippen molar-refractivity contribution in [3.05, 3.63) is 51.8 Å². The third kappa shape index (κ3) is 3.33. The van der Waals surface area contributed by atoms with Crippen LogP contribution in [0.4, 0.5) is 9.52 Å². The first kappa shape index (κ1) is 16.3. The van der Waals surface area contributed by atoms with Crippen LogP contribution in [0.2, 0.25) is 0 Å². The number of halogens is 1. The van der Waals surface area contributed by atoms with Gasteiger partial charge in [0.15, 0.2) is 5.13 Å². The van der Waals surface area contributed by atoms with E-state index in [1.807, 2.05) is 19.2 Å². The van der Waals surface area contributed by atoms with Gasteiger partial charge >= 0.3 is 0 Å². The van der Waals surface area contributed by atoms with Crippen LogP contribution >= 0.6 is 11.3 Å². The first-order chi connectivity index (χ1) is 11.4. The van der Waals surface area contributed by atoms with Crippen molar-refractivity contribution in [2.75, 3.05) is 5.32 Å². The summed E-state index contributed by atoms with van der Waals surface area (Å²) in [6.07, 6.45) is 1.28. The van der Waals surface area contributed by atoms with Crippen LogP contribution in [0, 0.1) is 5.82 Å². The Labute approximate surface area is 141 Å². The van der Waals surface area contributed by atoms with E-state index in [0.717, 1.165) is 16.3 Å². The Balaban J connectivity index is 1.80.